The highest BCUT2D eigenvalue weighted by Gasteiger charge is 2.19. The van der Waals surface area contributed by atoms with Gasteiger partial charge in [0.2, 0.25) is 0 Å². The Labute approximate surface area is 198 Å². The number of hydrogen-bond acceptors (Lipinski definition) is 7. The summed E-state index contributed by atoms with van der Waals surface area (Å²) < 4.78 is 12.4. The fourth-order valence-corrected chi connectivity index (χ4v) is 3.81. The number of anilines is 1. The van der Waals surface area contributed by atoms with Gasteiger partial charge in [0.15, 0.2) is 5.82 Å². The Morgan fingerprint density at radius 2 is 2.11 bits per heavy atom. The standard InChI is InChI=1S/C25H18N6O4/c1-31-20(11-17-5-2-6-21(22(17)31)34-14-16-4-3-9-27-13-16)24(32)28-19-8-7-15(12-26)10-18(19)23-29-25(33)35-30-23/h2-11,13H,14H2,1H3,(H,28,32)(H,29,30,33). The highest BCUT2D eigenvalue weighted by atomic mass is 16.5. The molecular weight excluding hydrogens is 448 g/mol. The van der Waals surface area contributed by atoms with Crippen LogP contribution in [-0.2, 0) is 13.7 Å². The van der Waals surface area contributed by atoms with E-state index in [1.165, 1.54) is 6.07 Å². The number of para-hydroxylation sites is 1. The van der Waals surface area contributed by atoms with Crippen LogP contribution in [0.1, 0.15) is 21.6 Å². The normalized spacial score (nSPS) is 10.7. The van der Waals surface area contributed by atoms with Gasteiger partial charge in [-0.2, -0.15) is 5.26 Å². The van der Waals surface area contributed by atoms with Crippen LogP contribution in [0.25, 0.3) is 22.3 Å². The lowest BCUT2D eigenvalue weighted by Gasteiger charge is -2.12. The molecule has 0 bridgehead atoms. The molecule has 2 N–H and O–H groups in total. The van der Waals surface area contributed by atoms with E-state index < -0.39 is 11.7 Å². The molecule has 3 heterocycles. The van der Waals surface area contributed by atoms with E-state index in [1.54, 1.807) is 42.2 Å². The summed E-state index contributed by atoms with van der Waals surface area (Å²) in [4.78, 5) is 31.3. The topological polar surface area (TPSA) is 139 Å². The van der Waals surface area contributed by atoms with Crippen molar-refractivity contribution in [1.82, 2.24) is 19.7 Å². The summed E-state index contributed by atoms with van der Waals surface area (Å²) in [6.07, 6.45) is 3.44. The first kappa shape index (κ1) is 21.7. The maximum atomic E-state index is 13.3. The van der Waals surface area contributed by atoms with Gasteiger partial charge in [-0.15, -0.1) is 0 Å². The quantitative estimate of drug-likeness (QED) is 0.390. The van der Waals surface area contributed by atoms with Gasteiger partial charge >= 0.3 is 5.76 Å². The van der Waals surface area contributed by atoms with Gasteiger partial charge in [0.25, 0.3) is 5.91 Å². The van der Waals surface area contributed by atoms with E-state index in [1.807, 2.05) is 36.4 Å². The smallest absolute Gasteiger partial charge is 0.439 e. The minimum Gasteiger partial charge on any atom is -0.487 e. The highest BCUT2D eigenvalue weighted by Crippen LogP contribution is 2.31. The van der Waals surface area contributed by atoms with Crippen LogP contribution < -0.4 is 15.8 Å². The first-order valence-corrected chi connectivity index (χ1v) is 10.6. The van der Waals surface area contributed by atoms with Crippen molar-refractivity contribution in [2.45, 2.75) is 6.61 Å². The van der Waals surface area contributed by atoms with E-state index in [4.69, 9.17) is 4.74 Å². The molecule has 3 aromatic heterocycles. The maximum Gasteiger partial charge on any atom is 0.439 e. The second-order valence-electron chi connectivity index (χ2n) is 7.70. The molecule has 0 fully saturated rings. The van der Waals surface area contributed by atoms with Crippen LogP contribution in [-0.4, -0.2) is 25.6 Å². The fourth-order valence-electron chi connectivity index (χ4n) is 3.81. The average molecular weight is 466 g/mol. The molecule has 0 spiro atoms. The second-order valence-corrected chi connectivity index (χ2v) is 7.70. The third-order valence-electron chi connectivity index (χ3n) is 5.46. The number of fused-ring (bicyclic) bond motifs is 1. The zero-order valence-electron chi connectivity index (χ0n) is 18.5. The number of amides is 1. The van der Waals surface area contributed by atoms with Gasteiger partial charge in [-0.1, -0.05) is 23.4 Å². The predicted molar refractivity (Wildman–Crippen MR) is 127 cm³/mol. The number of aryl methyl sites for hydroxylation is 1. The molecule has 2 aromatic carbocycles. The Balaban J connectivity index is 1.47. The molecule has 5 aromatic rings. The van der Waals surface area contributed by atoms with Crippen LogP contribution in [0.2, 0.25) is 0 Å². The van der Waals surface area contributed by atoms with Gasteiger partial charge in [-0.05, 0) is 36.4 Å². The van der Waals surface area contributed by atoms with Crippen LogP contribution in [0.3, 0.4) is 0 Å². The molecule has 0 saturated heterocycles. The van der Waals surface area contributed by atoms with Crippen molar-refractivity contribution in [3.63, 3.8) is 0 Å². The number of nitrogens with one attached hydrogen (secondary N) is 2. The van der Waals surface area contributed by atoms with E-state index in [9.17, 15) is 14.9 Å². The number of pyridine rings is 1. The van der Waals surface area contributed by atoms with E-state index in [0.717, 1.165) is 16.5 Å². The Morgan fingerprint density at radius 1 is 1.23 bits per heavy atom. The molecule has 0 unspecified atom stereocenters. The van der Waals surface area contributed by atoms with E-state index in [0.29, 0.717) is 34.9 Å². The summed E-state index contributed by atoms with van der Waals surface area (Å²) in [7, 11) is 1.78. The SMILES string of the molecule is Cn1c(C(=O)Nc2ccc(C#N)cc2-c2noc(=O)[nH]2)cc2cccc(OCc3cccnc3)c21. The van der Waals surface area contributed by atoms with E-state index in [-0.39, 0.29) is 5.82 Å². The van der Waals surface area contributed by atoms with Gasteiger partial charge in [0.05, 0.1) is 22.8 Å². The largest absolute Gasteiger partial charge is 0.487 e. The lowest BCUT2D eigenvalue weighted by Crippen LogP contribution is -2.16. The summed E-state index contributed by atoms with van der Waals surface area (Å²) in [5.41, 5.74) is 3.13. The highest BCUT2D eigenvalue weighted by molar-refractivity contribution is 6.08. The zero-order chi connectivity index (χ0) is 24.4. The van der Waals surface area contributed by atoms with Gasteiger partial charge < -0.3 is 14.6 Å². The predicted octanol–water partition coefficient (Wildman–Crippen LogP) is 3.62. The lowest BCUT2D eigenvalue weighted by molar-refractivity contribution is 0.101. The lowest BCUT2D eigenvalue weighted by atomic mass is 10.1. The first-order valence-electron chi connectivity index (χ1n) is 10.6. The van der Waals surface area contributed by atoms with E-state index >= 15 is 0 Å². The Kier molecular flexibility index (Phi) is 5.57. The fraction of sp³-hybridized carbons (Fsp3) is 0.0800. The number of H-pyrrole nitrogens is 1. The molecule has 35 heavy (non-hydrogen) atoms. The molecule has 0 radical (unpaired) electrons. The van der Waals surface area contributed by atoms with Crippen molar-refractivity contribution in [3.05, 3.63) is 94.4 Å². The van der Waals surface area contributed by atoms with Crippen molar-refractivity contribution < 1.29 is 14.1 Å². The van der Waals surface area contributed by atoms with Crippen LogP contribution in [0, 0.1) is 11.3 Å². The van der Waals surface area contributed by atoms with Crippen molar-refractivity contribution in [3.8, 4) is 23.2 Å². The van der Waals surface area contributed by atoms with Crippen LogP contribution in [0.5, 0.6) is 5.75 Å². The molecular formula is C25H18N6O4. The van der Waals surface area contributed by atoms with Crippen LogP contribution in [0.15, 0.2) is 76.3 Å². The number of carbonyl (C=O) groups is 1. The number of nitriles is 1. The number of rotatable bonds is 6. The number of aromatic amines is 1. The number of aromatic nitrogens is 4. The number of carbonyl (C=O) groups excluding carboxylic acids is 1. The molecule has 10 heteroatoms. The monoisotopic (exact) mass is 466 g/mol. The van der Waals surface area contributed by atoms with Crippen LogP contribution >= 0.6 is 0 Å². The van der Waals surface area contributed by atoms with Gasteiger partial charge in [-0.25, -0.2) is 4.79 Å². The molecule has 10 nitrogen and oxygen atoms in total. The molecule has 172 valence electrons. The minimum atomic E-state index is -0.743. The zero-order valence-corrected chi connectivity index (χ0v) is 18.5. The third kappa shape index (κ3) is 4.26. The Morgan fingerprint density at radius 3 is 2.86 bits per heavy atom. The Bertz CT molecular complexity index is 1640. The first-order chi connectivity index (χ1) is 17.0. The number of ether oxygens (including phenoxy) is 1. The van der Waals surface area contributed by atoms with Gasteiger partial charge in [0, 0.05) is 36.0 Å². The molecule has 0 saturated carbocycles. The second kappa shape index (κ2) is 8.99. The maximum absolute atomic E-state index is 13.3. The summed E-state index contributed by atoms with van der Waals surface area (Å²) in [5.74, 6) is -0.400. The van der Waals surface area contributed by atoms with Crippen molar-refractivity contribution >= 4 is 22.5 Å². The minimum absolute atomic E-state index is 0.102. The summed E-state index contributed by atoms with van der Waals surface area (Å²) in [6, 6.07) is 17.8. The molecule has 0 aliphatic heterocycles. The average Bonchev–Trinajstić information content (AvgIpc) is 3.47. The van der Waals surface area contributed by atoms with Crippen LogP contribution in [0.4, 0.5) is 5.69 Å². The summed E-state index contributed by atoms with van der Waals surface area (Å²) >= 11 is 0. The molecule has 0 aliphatic carbocycles. The third-order valence-corrected chi connectivity index (χ3v) is 5.46. The van der Waals surface area contributed by atoms with E-state index in [2.05, 4.69) is 25.0 Å². The summed E-state index contributed by atoms with van der Waals surface area (Å²) in [6.45, 7) is 0.337. The van der Waals surface area contributed by atoms with Crippen molar-refractivity contribution in [1.29, 1.82) is 5.26 Å². The molecule has 0 atom stereocenters. The van der Waals surface area contributed by atoms with Gasteiger partial charge in [-0.3, -0.25) is 19.3 Å². The van der Waals surface area contributed by atoms with Crippen molar-refractivity contribution in [2.75, 3.05) is 5.32 Å². The molecule has 1 amide bonds. The number of benzene rings is 2. The molecule has 5 rings (SSSR count). The Hall–Kier alpha value is -5.17. The number of hydrogen-bond donors (Lipinski definition) is 2. The number of nitrogens with zero attached hydrogens (tertiary/aromatic N) is 4. The van der Waals surface area contributed by atoms with Gasteiger partial charge in [0.1, 0.15) is 18.1 Å². The van der Waals surface area contributed by atoms with Crippen molar-refractivity contribution in [2.24, 2.45) is 7.05 Å². The molecule has 0 aliphatic rings. The summed E-state index contributed by atoms with van der Waals surface area (Å²) in [5, 5.41) is 16.6.